The van der Waals surface area contributed by atoms with Gasteiger partial charge in [0.15, 0.2) is 11.5 Å². The molecule has 0 N–H and O–H groups in total. The van der Waals surface area contributed by atoms with E-state index >= 15 is 0 Å². The second-order valence-corrected chi connectivity index (χ2v) is 8.91. The molecule has 4 heterocycles. The van der Waals surface area contributed by atoms with Crippen molar-refractivity contribution >= 4 is 15.7 Å². The van der Waals surface area contributed by atoms with Crippen LogP contribution >= 0.6 is 0 Å². The molecule has 0 spiro atoms. The highest BCUT2D eigenvalue weighted by atomic mass is 32.2. The Morgan fingerprint density at radius 2 is 1.87 bits per heavy atom. The molecule has 152 valence electrons. The van der Waals surface area contributed by atoms with Crippen LogP contribution in [0.4, 0.5) is 0 Å². The van der Waals surface area contributed by atoms with E-state index in [4.69, 9.17) is 4.74 Å². The number of hydrogen-bond acceptors (Lipinski definition) is 6. The summed E-state index contributed by atoms with van der Waals surface area (Å²) in [6.07, 6.45) is 4.87. The maximum absolute atomic E-state index is 13.0. The van der Waals surface area contributed by atoms with Crippen molar-refractivity contribution in [2.45, 2.75) is 11.0 Å². The monoisotopic (exact) mass is 421 g/mol. The van der Waals surface area contributed by atoms with Crippen molar-refractivity contribution in [1.82, 2.24) is 23.9 Å². The summed E-state index contributed by atoms with van der Waals surface area (Å²) < 4.78 is 34.8. The number of benzene rings is 1. The fourth-order valence-electron chi connectivity index (χ4n) is 3.48. The second-order valence-electron chi connectivity index (χ2n) is 6.97. The molecule has 0 radical (unpaired) electrons. The predicted molar refractivity (Wildman–Crippen MR) is 110 cm³/mol. The molecule has 5 rings (SSSR count). The van der Waals surface area contributed by atoms with E-state index in [1.807, 2.05) is 30.5 Å². The third-order valence-corrected chi connectivity index (χ3v) is 6.92. The Bertz CT molecular complexity index is 1280. The molecule has 1 aliphatic rings. The molecule has 8 nitrogen and oxygen atoms in total. The third-order valence-electron chi connectivity index (χ3n) is 5.04. The summed E-state index contributed by atoms with van der Waals surface area (Å²) in [5.74, 6) is 0.464. The lowest BCUT2D eigenvalue weighted by Crippen LogP contribution is -2.42. The van der Waals surface area contributed by atoms with Crippen LogP contribution < -0.4 is 0 Å². The first-order valence-electron chi connectivity index (χ1n) is 9.55. The van der Waals surface area contributed by atoms with E-state index in [1.54, 1.807) is 47.2 Å². The Morgan fingerprint density at radius 1 is 1.00 bits per heavy atom. The van der Waals surface area contributed by atoms with Gasteiger partial charge >= 0.3 is 0 Å². The second kappa shape index (κ2) is 7.60. The normalized spacial score (nSPS) is 17.9. The number of aromatic nitrogens is 4. The predicted octanol–water partition coefficient (Wildman–Crippen LogP) is 2.55. The Hall–Kier alpha value is -3.14. The van der Waals surface area contributed by atoms with E-state index in [1.165, 1.54) is 4.31 Å². The highest BCUT2D eigenvalue weighted by molar-refractivity contribution is 7.89. The number of pyridine rings is 2. The van der Waals surface area contributed by atoms with E-state index < -0.39 is 16.1 Å². The van der Waals surface area contributed by atoms with Crippen LogP contribution in [-0.2, 0) is 14.8 Å². The molecule has 1 atom stereocenters. The molecule has 3 aromatic heterocycles. The van der Waals surface area contributed by atoms with Gasteiger partial charge in [-0.2, -0.15) is 4.31 Å². The molecule has 1 aromatic carbocycles. The van der Waals surface area contributed by atoms with Gasteiger partial charge in [0.2, 0.25) is 10.0 Å². The Balaban J connectivity index is 1.42. The SMILES string of the molecule is O=S(=O)(c1ccccc1)N1CCO[C@H](c2nc3ccc(-c4cccnc4)cn3n2)C1. The minimum Gasteiger partial charge on any atom is -0.367 e. The number of rotatable bonds is 4. The van der Waals surface area contributed by atoms with Gasteiger partial charge in [0.05, 0.1) is 11.5 Å². The first-order chi connectivity index (χ1) is 14.6. The van der Waals surface area contributed by atoms with Crippen molar-refractivity contribution in [2.75, 3.05) is 19.7 Å². The van der Waals surface area contributed by atoms with Crippen LogP contribution in [0.15, 0.2) is 78.1 Å². The van der Waals surface area contributed by atoms with Crippen molar-refractivity contribution in [3.63, 3.8) is 0 Å². The molecule has 1 saturated heterocycles. The van der Waals surface area contributed by atoms with Crippen LogP contribution in [0.2, 0.25) is 0 Å². The van der Waals surface area contributed by atoms with Crippen LogP contribution in [0.3, 0.4) is 0 Å². The summed E-state index contributed by atoms with van der Waals surface area (Å²) in [5, 5.41) is 4.55. The smallest absolute Gasteiger partial charge is 0.243 e. The average Bonchev–Trinajstić information content (AvgIpc) is 3.24. The van der Waals surface area contributed by atoms with Crippen LogP contribution in [0, 0.1) is 0 Å². The molecule has 9 heteroatoms. The van der Waals surface area contributed by atoms with Gasteiger partial charge in [-0.1, -0.05) is 24.3 Å². The van der Waals surface area contributed by atoms with Crippen LogP contribution in [0.5, 0.6) is 0 Å². The number of ether oxygens (including phenoxy) is 1. The number of fused-ring (bicyclic) bond motifs is 1. The first kappa shape index (κ1) is 18.9. The van der Waals surface area contributed by atoms with E-state index in [-0.39, 0.29) is 18.0 Å². The summed E-state index contributed by atoms with van der Waals surface area (Å²) >= 11 is 0. The van der Waals surface area contributed by atoms with Gasteiger partial charge in [-0.25, -0.2) is 17.9 Å². The number of morpholine rings is 1. The number of nitrogens with zero attached hydrogens (tertiary/aromatic N) is 5. The standard InChI is InChI=1S/C21H19N5O3S/c27-30(28,18-6-2-1-3-7-18)25-11-12-29-19(15-25)21-23-20-9-8-17(14-26(20)24-21)16-5-4-10-22-13-16/h1-10,13-14,19H,11-12,15H2/t19-/m0/s1. The molecule has 0 aliphatic carbocycles. The zero-order valence-corrected chi connectivity index (χ0v) is 16.8. The topological polar surface area (TPSA) is 89.7 Å². The third kappa shape index (κ3) is 3.47. The summed E-state index contributed by atoms with van der Waals surface area (Å²) in [6, 6.07) is 16.1. The van der Waals surface area contributed by atoms with E-state index in [2.05, 4.69) is 15.1 Å². The van der Waals surface area contributed by atoms with E-state index in [9.17, 15) is 8.42 Å². The molecule has 0 saturated carbocycles. The van der Waals surface area contributed by atoms with Gasteiger partial charge < -0.3 is 4.74 Å². The summed E-state index contributed by atoms with van der Waals surface area (Å²) in [4.78, 5) is 8.97. The van der Waals surface area contributed by atoms with Crippen LogP contribution in [-0.4, -0.2) is 52.0 Å². The van der Waals surface area contributed by atoms with Gasteiger partial charge in [-0.3, -0.25) is 4.98 Å². The highest BCUT2D eigenvalue weighted by Gasteiger charge is 2.33. The van der Waals surface area contributed by atoms with E-state index in [0.717, 1.165) is 11.1 Å². The van der Waals surface area contributed by atoms with Gasteiger partial charge in [0, 0.05) is 42.8 Å². The van der Waals surface area contributed by atoms with Gasteiger partial charge in [-0.15, -0.1) is 5.10 Å². The summed E-state index contributed by atoms with van der Waals surface area (Å²) in [6.45, 7) is 0.753. The Kier molecular flexibility index (Phi) is 4.78. The molecule has 1 aliphatic heterocycles. The molecule has 0 bridgehead atoms. The largest absolute Gasteiger partial charge is 0.367 e. The quantitative estimate of drug-likeness (QED) is 0.503. The van der Waals surface area contributed by atoms with Crippen molar-refractivity contribution in [3.8, 4) is 11.1 Å². The minimum absolute atomic E-state index is 0.170. The van der Waals surface area contributed by atoms with Crippen molar-refractivity contribution in [1.29, 1.82) is 0 Å². The van der Waals surface area contributed by atoms with Crippen molar-refractivity contribution in [2.24, 2.45) is 0 Å². The molecule has 1 fully saturated rings. The molecule has 30 heavy (non-hydrogen) atoms. The van der Waals surface area contributed by atoms with Crippen LogP contribution in [0.1, 0.15) is 11.9 Å². The van der Waals surface area contributed by atoms with Crippen molar-refractivity contribution < 1.29 is 13.2 Å². The number of sulfonamides is 1. The molecule has 0 amide bonds. The van der Waals surface area contributed by atoms with E-state index in [0.29, 0.717) is 18.0 Å². The van der Waals surface area contributed by atoms with Crippen molar-refractivity contribution in [3.05, 3.63) is 79.0 Å². The lowest BCUT2D eigenvalue weighted by Gasteiger charge is -2.30. The lowest BCUT2D eigenvalue weighted by atomic mass is 10.1. The molecule has 4 aromatic rings. The molecular formula is C21H19N5O3S. The Morgan fingerprint density at radius 3 is 2.67 bits per heavy atom. The molecule has 0 unspecified atom stereocenters. The van der Waals surface area contributed by atoms with Gasteiger partial charge in [-0.05, 0) is 30.3 Å². The summed E-state index contributed by atoms with van der Waals surface area (Å²) in [5.41, 5.74) is 2.61. The lowest BCUT2D eigenvalue weighted by molar-refractivity contribution is -0.00737. The van der Waals surface area contributed by atoms with Gasteiger partial charge in [0.25, 0.3) is 0 Å². The average molecular weight is 421 g/mol. The minimum atomic E-state index is -3.59. The van der Waals surface area contributed by atoms with Gasteiger partial charge in [0.1, 0.15) is 6.10 Å². The Labute approximate surface area is 173 Å². The fourth-order valence-corrected chi connectivity index (χ4v) is 4.93. The van der Waals surface area contributed by atoms with Crippen LogP contribution in [0.25, 0.3) is 16.8 Å². The zero-order chi connectivity index (χ0) is 20.6. The number of hydrogen-bond donors (Lipinski definition) is 0. The maximum Gasteiger partial charge on any atom is 0.243 e. The first-order valence-corrected chi connectivity index (χ1v) is 11.0. The fraction of sp³-hybridized carbons (Fsp3) is 0.190. The molecular weight excluding hydrogens is 402 g/mol. The zero-order valence-electron chi connectivity index (χ0n) is 16.0. The highest BCUT2D eigenvalue weighted by Crippen LogP contribution is 2.26. The maximum atomic E-state index is 13.0. The summed E-state index contributed by atoms with van der Waals surface area (Å²) in [7, 11) is -3.59.